The van der Waals surface area contributed by atoms with Gasteiger partial charge in [0.2, 0.25) is 5.91 Å². The van der Waals surface area contributed by atoms with Crippen LogP contribution in [0.25, 0.3) is 26.9 Å². The Bertz CT molecular complexity index is 1890. The summed E-state index contributed by atoms with van der Waals surface area (Å²) in [5.41, 5.74) is 0.198. The van der Waals surface area contributed by atoms with E-state index in [9.17, 15) is 24.3 Å². The highest BCUT2D eigenvalue weighted by molar-refractivity contribution is 7.15. The van der Waals surface area contributed by atoms with Crippen LogP contribution in [0.4, 0.5) is 0 Å². The fourth-order valence-corrected chi connectivity index (χ4v) is 5.93. The molecule has 0 saturated carbocycles. The Morgan fingerprint density at radius 2 is 1.61 bits per heavy atom. The third-order valence-corrected chi connectivity index (χ3v) is 8.72. The number of aliphatic carboxylic acids is 1. The fraction of sp³-hybridized carbons (Fsp3) is 0.188. The number of hydrogen-bond donors (Lipinski definition) is 2. The van der Waals surface area contributed by atoms with Gasteiger partial charge in [-0.2, -0.15) is 0 Å². The molecule has 2 N–H and O–H groups in total. The maximum Gasteiger partial charge on any atom is 0.335 e. The quantitative estimate of drug-likeness (QED) is 0.287. The van der Waals surface area contributed by atoms with Crippen LogP contribution in [-0.2, 0) is 28.5 Å². The Balaban J connectivity index is 1.44. The number of rotatable bonds is 8. The second-order valence-electron chi connectivity index (χ2n) is 10.4. The van der Waals surface area contributed by atoms with Gasteiger partial charge in [-0.05, 0) is 48.6 Å². The summed E-state index contributed by atoms with van der Waals surface area (Å²) in [5, 5.41) is 14.1. The first-order valence-electron chi connectivity index (χ1n) is 13.1. The Morgan fingerprint density at radius 3 is 2.34 bits per heavy atom. The highest BCUT2D eigenvalue weighted by Crippen LogP contribution is 2.35. The molecule has 9 heteroatoms. The van der Waals surface area contributed by atoms with Crippen LogP contribution in [0.5, 0.6) is 0 Å². The average molecular weight is 568 g/mol. The van der Waals surface area contributed by atoms with Crippen molar-refractivity contribution in [1.82, 2.24) is 14.5 Å². The zero-order valence-electron chi connectivity index (χ0n) is 22.8. The average Bonchev–Trinajstić information content (AvgIpc) is 3.47. The molecule has 8 nitrogen and oxygen atoms in total. The number of nitrogens with one attached hydrogen (secondary N) is 1. The molecule has 0 saturated heterocycles. The number of hydrogen-bond acceptors (Lipinski definition) is 5. The van der Waals surface area contributed by atoms with Crippen LogP contribution in [0.3, 0.4) is 0 Å². The Hall–Kier alpha value is -4.76. The largest absolute Gasteiger partial charge is 0.480 e. The minimum Gasteiger partial charge on any atom is -0.480 e. The number of carboxylic acid groups (broad SMARTS) is 1. The van der Waals surface area contributed by atoms with E-state index < -0.39 is 34.6 Å². The van der Waals surface area contributed by atoms with Crippen molar-refractivity contribution in [1.29, 1.82) is 0 Å². The lowest BCUT2D eigenvalue weighted by molar-refractivity contribution is -0.142. The fourth-order valence-electron chi connectivity index (χ4n) is 4.82. The molecule has 5 aromatic rings. The predicted molar refractivity (Wildman–Crippen MR) is 161 cm³/mol. The van der Waals surface area contributed by atoms with Crippen molar-refractivity contribution < 1.29 is 14.7 Å². The zero-order valence-corrected chi connectivity index (χ0v) is 23.6. The van der Waals surface area contributed by atoms with Crippen molar-refractivity contribution in [3.8, 4) is 16.1 Å². The summed E-state index contributed by atoms with van der Waals surface area (Å²) in [6.07, 6.45) is 1.43. The monoisotopic (exact) mass is 567 g/mol. The Kier molecular flexibility index (Phi) is 7.47. The minimum absolute atomic E-state index is 0.0132. The smallest absolute Gasteiger partial charge is 0.335 e. The molecule has 0 aliphatic carbocycles. The van der Waals surface area contributed by atoms with E-state index in [1.807, 2.05) is 48.5 Å². The second kappa shape index (κ2) is 11.0. The molecular formula is C32H29N3O5S. The number of thiophene rings is 1. The van der Waals surface area contributed by atoms with E-state index in [1.165, 1.54) is 28.2 Å². The lowest BCUT2D eigenvalue weighted by Crippen LogP contribution is -2.49. The lowest BCUT2D eigenvalue weighted by atomic mass is 9.89. The van der Waals surface area contributed by atoms with Gasteiger partial charge in [-0.15, -0.1) is 11.3 Å². The molecule has 0 aliphatic heterocycles. The van der Waals surface area contributed by atoms with Crippen molar-refractivity contribution in [2.45, 2.75) is 31.7 Å². The molecule has 2 heterocycles. The summed E-state index contributed by atoms with van der Waals surface area (Å²) in [7, 11) is 1.56. The van der Waals surface area contributed by atoms with Gasteiger partial charge in [0.05, 0.1) is 11.1 Å². The molecule has 1 amide bonds. The molecule has 3 aromatic carbocycles. The standard InChI is InChI=1S/C32H29N3O5S/c1-32(2,27-16-15-26(41-27)20-9-5-4-6-10-20)30(39)33-24(29(37)38)19-21-11-7-13-23-22(21)12-8-14-25(23)35-28(36)17-18-34(3)31(35)40/h4-18,24H,19H2,1-3H3,(H,33,39)(H,37,38)/t24-/m0/s1. The normalized spacial score (nSPS) is 12.3. The van der Waals surface area contributed by atoms with Crippen LogP contribution < -0.4 is 16.6 Å². The van der Waals surface area contributed by atoms with Crippen LogP contribution in [-0.4, -0.2) is 32.2 Å². The third-order valence-electron chi connectivity index (χ3n) is 7.26. The van der Waals surface area contributed by atoms with Crippen molar-refractivity contribution in [2.24, 2.45) is 7.05 Å². The van der Waals surface area contributed by atoms with E-state index in [1.54, 1.807) is 51.2 Å². The maximum atomic E-state index is 13.5. The molecule has 0 spiro atoms. The van der Waals surface area contributed by atoms with Gasteiger partial charge in [0.1, 0.15) is 6.04 Å². The van der Waals surface area contributed by atoms with Crippen LogP contribution in [0.2, 0.25) is 0 Å². The highest BCUT2D eigenvalue weighted by Gasteiger charge is 2.34. The molecule has 0 bridgehead atoms. The van der Waals surface area contributed by atoms with Gasteiger partial charge in [-0.1, -0.05) is 60.7 Å². The lowest BCUT2D eigenvalue weighted by Gasteiger charge is -2.25. The Labute approximate surface area is 240 Å². The molecule has 0 fully saturated rings. The maximum absolute atomic E-state index is 13.5. The summed E-state index contributed by atoms with van der Waals surface area (Å²) in [4.78, 5) is 53.1. The molecule has 2 aromatic heterocycles. The molecule has 0 aliphatic rings. The van der Waals surface area contributed by atoms with Crippen molar-refractivity contribution in [3.05, 3.63) is 122 Å². The van der Waals surface area contributed by atoms with Gasteiger partial charge in [-0.3, -0.25) is 9.59 Å². The van der Waals surface area contributed by atoms with Crippen molar-refractivity contribution in [3.63, 3.8) is 0 Å². The van der Waals surface area contributed by atoms with Crippen LogP contribution >= 0.6 is 11.3 Å². The summed E-state index contributed by atoms with van der Waals surface area (Å²) < 4.78 is 2.41. The second-order valence-corrected chi connectivity index (χ2v) is 11.5. The number of amides is 1. The number of aryl methyl sites for hydroxylation is 1. The van der Waals surface area contributed by atoms with E-state index in [4.69, 9.17) is 0 Å². The molecule has 0 unspecified atom stereocenters. The zero-order chi connectivity index (χ0) is 29.3. The van der Waals surface area contributed by atoms with E-state index in [0.717, 1.165) is 19.9 Å². The Morgan fingerprint density at radius 1 is 0.902 bits per heavy atom. The number of aromatic nitrogens is 2. The highest BCUT2D eigenvalue weighted by atomic mass is 32.1. The number of nitrogens with zero attached hydrogens (tertiary/aromatic N) is 2. The van der Waals surface area contributed by atoms with Gasteiger partial charge in [-0.25, -0.2) is 14.2 Å². The SMILES string of the molecule is Cn1ccc(=O)n(-c2cccc3c(C[C@H](NC(=O)C(C)(C)c4ccc(-c5ccccc5)s4)C(=O)O)cccc23)c1=O. The molecule has 208 valence electrons. The van der Waals surface area contributed by atoms with E-state index in [0.29, 0.717) is 22.0 Å². The predicted octanol–water partition coefficient (Wildman–Crippen LogP) is 4.51. The van der Waals surface area contributed by atoms with Gasteiger partial charge in [0, 0.05) is 40.9 Å². The van der Waals surface area contributed by atoms with Gasteiger partial charge >= 0.3 is 11.7 Å². The van der Waals surface area contributed by atoms with Gasteiger partial charge in [0.15, 0.2) is 0 Å². The van der Waals surface area contributed by atoms with Gasteiger partial charge < -0.3 is 15.0 Å². The molecule has 1 atom stereocenters. The number of carbonyl (C=O) groups excluding carboxylic acids is 1. The molecule has 5 rings (SSSR count). The number of fused-ring (bicyclic) bond motifs is 1. The topological polar surface area (TPSA) is 110 Å². The third kappa shape index (κ3) is 5.36. The van der Waals surface area contributed by atoms with E-state index in [-0.39, 0.29) is 6.42 Å². The van der Waals surface area contributed by atoms with E-state index >= 15 is 0 Å². The molecule has 41 heavy (non-hydrogen) atoms. The summed E-state index contributed by atoms with van der Waals surface area (Å²) in [5.74, 6) is -1.56. The first-order chi connectivity index (χ1) is 19.6. The van der Waals surface area contributed by atoms with Gasteiger partial charge in [0.25, 0.3) is 5.56 Å². The van der Waals surface area contributed by atoms with Crippen LogP contribution in [0, 0.1) is 0 Å². The van der Waals surface area contributed by atoms with Crippen molar-refractivity contribution >= 4 is 34.0 Å². The molecule has 0 radical (unpaired) electrons. The van der Waals surface area contributed by atoms with E-state index in [2.05, 4.69) is 5.32 Å². The van der Waals surface area contributed by atoms with Crippen molar-refractivity contribution in [2.75, 3.05) is 0 Å². The number of carboxylic acids is 1. The minimum atomic E-state index is -1.20. The summed E-state index contributed by atoms with van der Waals surface area (Å²) >= 11 is 1.50. The summed E-state index contributed by atoms with van der Waals surface area (Å²) in [6, 6.07) is 24.4. The van der Waals surface area contributed by atoms with Crippen LogP contribution in [0.1, 0.15) is 24.3 Å². The number of carbonyl (C=O) groups is 2. The van der Waals surface area contributed by atoms with Crippen LogP contribution in [0.15, 0.2) is 101 Å². The molecular weight excluding hydrogens is 538 g/mol. The first kappa shape index (κ1) is 27.8. The number of benzene rings is 3. The summed E-state index contributed by atoms with van der Waals surface area (Å²) in [6.45, 7) is 3.56. The first-order valence-corrected chi connectivity index (χ1v) is 13.9.